The molecule has 0 bridgehead atoms. The zero-order valence-corrected chi connectivity index (χ0v) is 15.3. The second-order valence-electron chi connectivity index (χ2n) is 6.11. The normalized spacial score (nSPS) is 12.9. The fourth-order valence-electron chi connectivity index (χ4n) is 1.60. The molecule has 1 aromatic heterocycles. The molecule has 0 aliphatic rings. The quantitative estimate of drug-likeness (QED) is 0.580. The van der Waals surface area contributed by atoms with Crippen molar-refractivity contribution in [2.75, 3.05) is 0 Å². The van der Waals surface area contributed by atoms with Crippen LogP contribution in [0.4, 0.5) is 0 Å². The smallest absolute Gasteiger partial charge is 0.314 e. The molecule has 1 rings (SSSR count). The molecule has 1 aromatic rings. The van der Waals surface area contributed by atoms with Gasteiger partial charge in [0, 0.05) is 6.20 Å². The Morgan fingerprint density at radius 2 is 1.47 bits per heavy atom. The van der Waals surface area contributed by atoms with Gasteiger partial charge in [0.2, 0.25) is 0 Å². The van der Waals surface area contributed by atoms with Crippen LogP contribution < -0.4 is 11.2 Å². The van der Waals surface area contributed by atoms with Crippen molar-refractivity contribution >= 4 is 39.1 Å². The van der Waals surface area contributed by atoms with Crippen LogP contribution in [0.2, 0.25) is 39.3 Å². The van der Waals surface area contributed by atoms with Crippen LogP contribution in [0.15, 0.2) is 15.8 Å². The minimum Gasteiger partial charge on any atom is -0.329 e. The maximum atomic E-state index is 12.4. The lowest BCUT2D eigenvalue weighted by atomic mass is 10.7. The number of hydrogen-bond donors (Lipinski definition) is 0. The summed E-state index contributed by atoms with van der Waals surface area (Å²) in [5.74, 6) is 0. The van der Waals surface area contributed by atoms with Crippen LogP contribution in [0.1, 0.15) is 0 Å². The van der Waals surface area contributed by atoms with Gasteiger partial charge in [-0.15, -0.1) is 0 Å². The SMILES string of the molecule is C[Si](C)(C)n1cc(I)c(=O)n([Si](C)(C)C)c1=O. The molecule has 17 heavy (non-hydrogen) atoms. The molecule has 0 fully saturated rings. The first kappa shape index (κ1) is 14.9. The van der Waals surface area contributed by atoms with E-state index in [0.717, 1.165) is 0 Å². The summed E-state index contributed by atoms with van der Waals surface area (Å²) in [5, 5.41) is 0. The number of aromatic nitrogens is 2. The molecule has 0 atom stereocenters. The molecule has 0 spiro atoms. The predicted molar refractivity (Wildman–Crippen MR) is 85.2 cm³/mol. The molecule has 0 radical (unpaired) electrons. The van der Waals surface area contributed by atoms with Crippen molar-refractivity contribution in [3.05, 3.63) is 30.6 Å². The monoisotopic (exact) mass is 382 g/mol. The van der Waals surface area contributed by atoms with Crippen LogP contribution in [0, 0.1) is 3.57 Å². The lowest BCUT2D eigenvalue weighted by molar-refractivity contribution is 0.849. The fraction of sp³-hybridized carbons (Fsp3) is 0.600. The Bertz CT molecular complexity index is 549. The van der Waals surface area contributed by atoms with Crippen LogP contribution in [0.5, 0.6) is 0 Å². The fourth-order valence-corrected chi connectivity index (χ4v) is 5.31. The third kappa shape index (κ3) is 2.99. The van der Waals surface area contributed by atoms with E-state index in [0.29, 0.717) is 3.57 Å². The third-order valence-electron chi connectivity index (χ3n) is 2.44. The minimum atomic E-state index is -1.98. The van der Waals surface area contributed by atoms with Gasteiger partial charge in [-0.05, 0) is 22.6 Å². The Morgan fingerprint density at radius 3 is 1.82 bits per heavy atom. The van der Waals surface area contributed by atoms with Crippen LogP contribution in [0.25, 0.3) is 0 Å². The van der Waals surface area contributed by atoms with Gasteiger partial charge in [-0.2, -0.15) is 0 Å². The first-order valence-electron chi connectivity index (χ1n) is 5.51. The first-order valence-corrected chi connectivity index (χ1v) is 13.5. The highest BCUT2D eigenvalue weighted by Gasteiger charge is 2.27. The van der Waals surface area contributed by atoms with Crippen molar-refractivity contribution in [2.24, 2.45) is 0 Å². The molecule has 0 aliphatic carbocycles. The molecule has 96 valence electrons. The average Bonchev–Trinajstić information content (AvgIpc) is 2.07. The van der Waals surface area contributed by atoms with Gasteiger partial charge < -0.3 is 4.23 Å². The van der Waals surface area contributed by atoms with Crippen LogP contribution in [0.3, 0.4) is 0 Å². The molecule has 0 aliphatic heterocycles. The van der Waals surface area contributed by atoms with Crippen molar-refractivity contribution in [3.8, 4) is 0 Å². The van der Waals surface area contributed by atoms with Crippen LogP contribution in [-0.2, 0) is 0 Å². The number of nitrogens with zero attached hydrogens (tertiary/aromatic N) is 2. The standard InChI is InChI=1S/C10H19IN2O2Si2/c1-16(2,3)12-7-8(11)9(14)13(10(12)15)17(4,5)6/h7H,1-6H3. The minimum absolute atomic E-state index is 0.131. The van der Waals surface area contributed by atoms with Crippen LogP contribution >= 0.6 is 22.6 Å². The molecular formula is C10H19IN2O2Si2. The molecular weight excluding hydrogens is 363 g/mol. The number of hydrogen-bond acceptors (Lipinski definition) is 2. The average molecular weight is 382 g/mol. The van der Waals surface area contributed by atoms with Gasteiger partial charge in [-0.1, -0.05) is 39.3 Å². The van der Waals surface area contributed by atoms with E-state index < -0.39 is 16.5 Å². The summed E-state index contributed by atoms with van der Waals surface area (Å²) in [5.41, 5.74) is -0.266. The van der Waals surface area contributed by atoms with Crippen molar-refractivity contribution in [1.29, 1.82) is 0 Å². The van der Waals surface area contributed by atoms with Crippen molar-refractivity contribution in [2.45, 2.75) is 39.3 Å². The third-order valence-corrected chi connectivity index (χ3v) is 6.68. The summed E-state index contributed by atoms with van der Waals surface area (Å²) in [6, 6.07) is 0. The molecule has 0 N–H and O–H groups in total. The Balaban J connectivity index is 3.81. The number of rotatable bonds is 2. The van der Waals surface area contributed by atoms with Crippen molar-refractivity contribution in [3.63, 3.8) is 0 Å². The van der Waals surface area contributed by atoms with E-state index in [-0.39, 0.29) is 11.2 Å². The lowest BCUT2D eigenvalue weighted by Crippen LogP contribution is -2.57. The van der Waals surface area contributed by atoms with E-state index in [1.165, 1.54) is 4.23 Å². The lowest BCUT2D eigenvalue weighted by Gasteiger charge is -2.25. The highest BCUT2D eigenvalue weighted by Crippen LogP contribution is 2.07. The van der Waals surface area contributed by atoms with E-state index in [9.17, 15) is 9.59 Å². The van der Waals surface area contributed by atoms with Gasteiger partial charge in [-0.25, -0.2) is 4.79 Å². The summed E-state index contributed by atoms with van der Waals surface area (Å²) in [6.45, 7) is 12.3. The molecule has 0 saturated heterocycles. The van der Waals surface area contributed by atoms with Crippen LogP contribution in [-0.4, -0.2) is 24.9 Å². The first-order chi connectivity index (χ1) is 7.46. The molecule has 0 saturated carbocycles. The summed E-state index contributed by atoms with van der Waals surface area (Å²) in [4.78, 5) is 24.5. The topological polar surface area (TPSA) is 44.0 Å². The van der Waals surface area contributed by atoms with Gasteiger partial charge in [0.05, 0.1) is 3.57 Å². The second kappa shape index (κ2) is 4.50. The van der Waals surface area contributed by atoms with E-state index in [2.05, 4.69) is 19.6 Å². The molecule has 0 unspecified atom stereocenters. The molecule has 0 amide bonds. The number of halogens is 1. The van der Waals surface area contributed by atoms with Gasteiger partial charge in [-0.3, -0.25) is 9.03 Å². The summed E-state index contributed by atoms with van der Waals surface area (Å²) in [7, 11) is -3.76. The van der Waals surface area contributed by atoms with E-state index in [1.54, 1.807) is 10.4 Å². The highest BCUT2D eigenvalue weighted by atomic mass is 127. The summed E-state index contributed by atoms with van der Waals surface area (Å²) >= 11 is 2.02. The zero-order chi connectivity index (χ0) is 13.6. The van der Waals surface area contributed by atoms with Crippen molar-refractivity contribution in [1.82, 2.24) is 8.47 Å². The van der Waals surface area contributed by atoms with Gasteiger partial charge in [0.1, 0.15) is 0 Å². The van der Waals surface area contributed by atoms with E-state index in [1.807, 2.05) is 42.2 Å². The summed E-state index contributed by atoms with van der Waals surface area (Å²) < 4.78 is 3.91. The maximum Gasteiger partial charge on any atom is 0.314 e. The maximum absolute atomic E-state index is 12.4. The Kier molecular flexibility index (Phi) is 3.95. The zero-order valence-electron chi connectivity index (χ0n) is 11.2. The Hall–Kier alpha value is -0.156. The summed E-state index contributed by atoms with van der Waals surface area (Å²) in [6.07, 6.45) is 1.72. The molecule has 0 aromatic carbocycles. The van der Waals surface area contributed by atoms with Gasteiger partial charge >= 0.3 is 5.69 Å². The Labute approximate surface area is 117 Å². The predicted octanol–water partition coefficient (Wildman–Crippen LogP) is 1.98. The molecule has 1 heterocycles. The second-order valence-corrected chi connectivity index (χ2v) is 16.9. The largest absolute Gasteiger partial charge is 0.329 e. The van der Waals surface area contributed by atoms with Gasteiger partial charge in [0.15, 0.2) is 16.5 Å². The van der Waals surface area contributed by atoms with Crippen molar-refractivity contribution < 1.29 is 0 Å². The molecule has 7 heteroatoms. The Morgan fingerprint density at radius 1 is 1.00 bits per heavy atom. The van der Waals surface area contributed by atoms with Gasteiger partial charge in [0.25, 0.3) is 5.56 Å². The van der Waals surface area contributed by atoms with E-state index in [4.69, 9.17) is 0 Å². The van der Waals surface area contributed by atoms with E-state index >= 15 is 0 Å². The molecule has 4 nitrogen and oxygen atoms in total. The highest BCUT2D eigenvalue weighted by molar-refractivity contribution is 14.1.